The fourth-order valence-electron chi connectivity index (χ4n) is 4.91. The summed E-state index contributed by atoms with van der Waals surface area (Å²) in [7, 11) is 0. The number of hydrogen-bond donors (Lipinski definition) is 0. The summed E-state index contributed by atoms with van der Waals surface area (Å²) in [5.74, 6) is 1.95. The fourth-order valence-corrected chi connectivity index (χ4v) is 4.91. The first-order valence-corrected chi connectivity index (χ1v) is 16.1. The Kier molecular flexibility index (Phi) is 21.4. The summed E-state index contributed by atoms with van der Waals surface area (Å²) in [4.78, 5) is 0. The van der Waals surface area contributed by atoms with Gasteiger partial charge in [-0.25, -0.2) is 0 Å². The smallest absolute Gasteiger partial charge is 0.0203 e. The van der Waals surface area contributed by atoms with E-state index in [2.05, 4.69) is 113 Å². The van der Waals surface area contributed by atoms with E-state index in [1.807, 2.05) is 0 Å². The van der Waals surface area contributed by atoms with Gasteiger partial charge in [0.15, 0.2) is 0 Å². The van der Waals surface area contributed by atoms with Crippen molar-refractivity contribution in [3.05, 3.63) is 69.9 Å². The van der Waals surface area contributed by atoms with Gasteiger partial charge in [0.1, 0.15) is 0 Å². The highest BCUT2D eigenvalue weighted by Crippen LogP contribution is 2.33. The summed E-state index contributed by atoms with van der Waals surface area (Å²) in [5, 5.41) is 0. The molecule has 0 aliphatic rings. The molecule has 0 heterocycles. The summed E-state index contributed by atoms with van der Waals surface area (Å²) in [6, 6.07) is 0. The lowest BCUT2D eigenvalue weighted by Gasteiger charge is -2.28. The molecule has 3 atom stereocenters. The zero-order valence-electron chi connectivity index (χ0n) is 27.7. The van der Waals surface area contributed by atoms with Crippen molar-refractivity contribution in [2.75, 3.05) is 0 Å². The van der Waals surface area contributed by atoms with E-state index in [4.69, 9.17) is 0 Å². The van der Waals surface area contributed by atoms with Crippen LogP contribution in [0.3, 0.4) is 0 Å². The van der Waals surface area contributed by atoms with E-state index in [-0.39, 0.29) is 0 Å². The maximum atomic E-state index is 2.48. The molecule has 0 fully saturated rings. The van der Waals surface area contributed by atoms with Gasteiger partial charge in [0, 0.05) is 0 Å². The lowest BCUT2D eigenvalue weighted by atomic mass is 9.77. The number of allylic oxidation sites excluding steroid dienone is 12. The number of unbranched alkanes of at least 4 members (excludes halogenated alkanes) is 7. The lowest BCUT2D eigenvalue weighted by molar-refractivity contribution is 0.307. The van der Waals surface area contributed by atoms with Crippen molar-refractivity contribution >= 4 is 0 Å². The SMILES string of the molecule is CCCC=C(C)C(C)=CC=C(C)C(C)CC(CCCCCCCC)C(C)C(C)=CC=C(C)C(C)=CCCC. The first-order chi connectivity index (χ1) is 18.1. The first-order valence-electron chi connectivity index (χ1n) is 16.1. The zero-order valence-corrected chi connectivity index (χ0v) is 27.7. The van der Waals surface area contributed by atoms with Crippen molar-refractivity contribution < 1.29 is 0 Å². The maximum absolute atomic E-state index is 2.48. The van der Waals surface area contributed by atoms with Gasteiger partial charge in [-0.1, -0.05) is 145 Å². The molecule has 0 radical (unpaired) electrons. The molecule has 0 saturated heterocycles. The summed E-state index contributed by atoms with van der Waals surface area (Å²) in [6.07, 6.45) is 29.9. The Morgan fingerprint density at radius 2 is 1.00 bits per heavy atom. The average Bonchev–Trinajstić information content (AvgIpc) is 2.91. The molecule has 0 saturated carbocycles. The van der Waals surface area contributed by atoms with E-state index in [1.54, 1.807) is 0 Å². The lowest BCUT2D eigenvalue weighted by Crippen LogP contribution is -2.17. The highest BCUT2D eigenvalue weighted by molar-refractivity contribution is 5.32. The normalized spacial score (nSPS) is 17.1. The van der Waals surface area contributed by atoms with Crippen LogP contribution in [0.5, 0.6) is 0 Å². The van der Waals surface area contributed by atoms with Gasteiger partial charge in [0.25, 0.3) is 0 Å². The highest BCUT2D eigenvalue weighted by Gasteiger charge is 2.21. The summed E-state index contributed by atoms with van der Waals surface area (Å²) < 4.78 is 0. The van der Waals surface area contributed by atoms with Crippen LogP contribution in [-0.2, 0) is 0 Å². The predicted octanol–water partition coefficient (Wildman–Crippen LogP) is 13.3. The molecule has 38 heavy (non-hydrogen) atoms. The van der Waals surface area contributed by atoms with Gasteiger partial charge in [-0.2, -0.15) is 0 Å². The topological polar surface area (TPSA) is 0 Å². The van der Waals surface area contributed by atoms with E-state index in [0.29, 0.717) is 11.8 Å². The quantitative estimate of drug-likeness (QED) is 0.110. The van der Waals surface area contributed by atoms with E-state index in [0.717, 1.165) is 5.92 Å². The van der Waals surface area contributed by atoms with Crippen molar-refractivity contribution in [2.45, 2.75) is 153 Å². The van der Waals surface area contributed by atoms with Crippen molar-refractivity contribution in [1.29, 1.82) is 0 Å². The van der Waals surface area contributed by atoms with E-state index in [9.17, 15) is 0 Å². The Morgan fingerprint density at radius 1 is 0.526 bits per heavy atom. The molecular formula is C38H66. The minimum absolute atomic E-state index is 0.607. The number of hydrogen-bond acceptors (Lipinski definition) is 0. The summed E-state index contributed by atoms with van der Waals surface area (Å²) in [6.45, 7) is 25.4. The van der Waals surface area contributed by atoms with Crippen LogP contribution >= 0.6 is 0 Å². The van der Waals surface area contributed by atoms with Gasteiger partial charge in [0.2, 0.25) is 0 Å². The Morgan fingerprint density at radius 3 is 1.50 bits per heavy atom. The molecule has 0 heteroatoms. The molecule has 3 unspecified atom stereocenters. The number of rotatable bonds is 20. The molecule has 0 aromatic rings. The fraction of sp³-hybridized carbons (Fsp3) is 0.684. The molecule has 0 aromatic heterocycles. The van der Waals surface area contributed by atoms with Crippen LogP contribution in [-0.4, -0.2) is 0 Å². The minimum atomic E-state index is 0.607. The van der Waals surface area contributed by atoms with Crippen molar-refractivity contribution in [3.63, 3.8) is 0 Å². The third-order valence-corrected chi connectivity index (χ3v) is 8.70. The van der Waals surface area contributed by atoms with Crippen LogP contribution in [0.2, 0.25) is 0 Å². The van der Waals surface area contributed by atoms with E-state index in [1.165, 1.54) is 110 Å². The average molecular weight is 523 g/mol. The van der Waals surface area contributed by atoms with Crippen LogP contribution in [0.15, 0.2) is 69.9 Å². The van der Waals surface area contributed by atoms with Crippen LogP contribution in [0.25, 0.3) is 0 Å². The van der Waals surface area contributed by atoms with Crippen molar-refractivity contribution in [3.8, 4) is 0 Å². The largest absolute Gasteiger partial charge is 0.0813 e. The minimum Gasteiger partial charge on any atom is -0.0813 e. The third kappa shape index (κ3) is 16.4. The monoisotopic (exact) mass is 523 g/mol. The molecule has 218 valence electrons. The maximum Gasteiger partial charge on any atom is -0.0203 e. The van der Waals surface area contributed by atoms with Crippen LogP contribution in [0.4, 0.5) is 0 Å². The van der Waals surface area contributed by atoms with Crippen LogP contribution in [0.1, 0.15) is 153 Å². The highest BCUT2D eigenvalue weighted by atomic mass is 14.3. The van der Waals surface area contributed by atoms with Gasteiger partial charge in [-0.15, -0.1) is 0 Å². The molecule has 0 aliphatic carbocycles. The van der Waals surface area contributed by atoms with Gasteiger partial charge < -0.3 is 0 Å². The molecule has 0 N–H and O–H groups in total. The Bertz CT molecular complexity index is 807. The molecule has 0 amide bonds. The zero-order chi connectivity index (χ0) is 28.9. The van der Waals surface area contributed by atoms with Gasteiger partial charge in [0.05, 0.1) is 0 Å². The second kappa shape index (κ2) is 22.3. The predicted molar refractivity (Wildman–Crippen MR) is 177 cm³/mol. The van der Waals surface area contributed by atoms with Crippen LogP contribution in [0, 0.1) is 17.8 Å². The van der Waals surface area contributed by atoms with Gasteiger partial charge in [-0.3, -0.25) is 0 Å². The Balaban J connectivity index is 5.58. The second-order valence-corrected chi connectivity index (χ2v) is 12.1. The van der Waals surface area contributed by atoms with Crippen molar-refractivity contribution in [1.82, 2.24) is 0 Å². The van der Waals surface area contributed by atoms with E-state index >= 15 is 0 Å². The van der Waals surface area contributed by atoms with E-state index < -0.39 is 0 Å². The molecule has 0 nitrogen and oxygen atoms in total. The summed E-state index contributed by atoms with van der Waals surface area (Å²) >= 11 is 0. The molecule has 0 spiro atoms. The Labute approximate surface area is 240 Å². The first kappa shape index (κ1) is 36.4. The molecule has 0 aromatic carbocycles. The van der Waals surface area contributed by atoms with Crippen LogP contribution < -0.4 is 0 Å². The standard InChI is InChI=1S/C38H66/c1-12-15-18-19-20-21-24-38(37(11)35(9)28-27-33(7)31(5)23-17-14-3)29-36(10)34(8)26-25-32(6)30(4)22-16-13-2/h22-23,25-28,36-38H,12-21,24,29H2,1-11H3. The molecular weight excluding hydrogens is 456 g/mol. The third-order valence-electron chi connectivity index (χ3n) is 8.70. The van der Waals surface area contributed by atoms with Gasteiger partial charge in [-0.05, 0) is 96.1 Å². The molecule has 0 bridgehead atoms. The molecule has 0 rings (SSSR count). The Hall–Kier alpha value is -1.56. The van der Waals surface area contributed by atoms with Gasteiger partial charge >= 0.3 is 0 Å². The second-order valence-electron chi connectivity index (χ2n) is 12.1. The molecule has 0 aliphatic heterocycles. The summed E-state index contributed by atoms with van der Waals surface area (Å²) in [5.41, 5.74) is 8.68. The van der Waals surface area contributed by atoms with Crippen molar-refractivity contribution in [2.24, 2.45) is 17.8 Å².